The maximum Gasteiger partial charge on any atom is 0.114 e. The molecule has 0 spiro atoms. The maximum absolute atomic E-state index is 6.28. The molecule has 0 fully saturated rings. The van der Waals surface area contributed by atoms with Crippen LogP contribution in [0.2, 0.25) is 5.02 Å². The molecule has 1 atom stereocenters. The molecule has 94 valence electrons. The van der Waals surface area contributed by atoms with E-state index in [1.54, 1.807) is 11.3 Å². The van der Waals surface area contributed by atoms with E-state index in [4.69, 9.17) is 17.3 Å². The van der Waals surface area contributed by atoms with E-state index < -0.39 is 0 Å². The summed E-state index contributed by atoms with van der Waals surface area (Å²) >= 11 is 11.4. The van der Waals surface area contributed by atoms with E-state index in [2.05, 4.69) is 20.9 Å². The Kier molecular flexibility index (Phi) is 3.45. The molecule has 1 aliphatic carbocycles. The molecule has 0 saturated heterocycles. The lowest BCUT2D eigenvalue weighted by molar-refractivity contribution is 0.834. The average molecular weight is 344 g/mol. The molecular weight excluding hydrogens is 332 g/mol. The molecule has 0 saturated carbocycles. The quantitative estimate of drug-likeness (QED) is 0.891. The van der Waals surface area contributed by atoms with Crippen LogP contribution in [0, 0.1) is 0 Å². The number of fused-ring (bicyclic) bond motifs is 1. The van der Waals surface area contributed by atoms with Crippen molar-refractivity contribution >= 4 is 38.9 Å². The van der Waals surface area contributed by atoms with Gasteiger partial charge in [0.2, 0.25) is 0 Å². The number of hydrogen-bond donors (Lipinski definition) is 1. The Balaban J connectivity index is 1.95. The van der Waals surface area contributed by atoms with E-state index in [-0.39, 0.29) is 6.04 Å². The van der Waals surface area contributed by atoms with Crippen LogP contribution in [0.1, 0.15) is 33.6 Å². The van der Waals surface area contributed by atoms with Crippen molar-refractivity contribution in [2.45, 2.75) is 25.3 Å². The minimum absolute atomic E-state index is 0.221. The minimum atomic E-state index is -0.221. The summed E-state index contributed by atoms with van der Waals surface area (Å²) in [7, 11) is 0. The van der Waals surface area contributed by atoms with Crippen LogP contribution < -0.4 is 5.73 Å². The summed E-state index contributed by atoms with van der Waals surface area (Å²) < 4.78 is 0.963. The van der Waals surface area contributed by atoms with Crippen LogP contribution in [0.4, 0.5) is 0 Å². The molecule has 0 bridgehead atoms. The molecule has 2 aromatic rings. The highest BCUT2D eigenvalue weighted by molar-refractivity contribution is 9.10. The second-order valence-electron chi connectivity index (χ2n) is 4.42. The number of rotatable bonds is 2. The number of nitrogens with two attached hydrogens (primary N) is 1. The monoisotopic (exact) mass is 342 g/mol. The van der Waals surface area contributed by atoms with Gasteiger partial charge in [0, 0.05) is 14.4 Å². The lowest BCUT2D eigenvalue weighted by Gasteiger charge is -2.11. The lowest BCUT2D eigenvalue weighted by Crippen LogP contribution is -2.12. The fraction of sp³-hybridized carbons (Fsp3) is 0.308. The number of thiazole rings is 1. The van der Waals surface area contributed by atoms with Crippen LogP contribution in [0.15, 0.2) is 22.7 Å². The molecule has 1 aromatic carbocycles. The first-order valence-corrected chi connectivity index (χ1v) is 7.83. The highest BCUT2D eigenvalue weighted by atomic mass is 79.9. The molecule has 1 aromatic heterocycles. The molecule has 18 heavy (non-hydrogen) atoms. The van der Waals surface area contributed by atoms with Crippen LogP contribution in [-0.4, -0.2) is 4.98 Å². The molecule has 5 heteroatoms. The molecule has 0 aliphatic heterocycles. The van der Waals surface area contributed by atoms with Crippen LogP contribution >= 0.6 is 38.9 Å². The normalized spacial score (nSPS) is 15.7. The summed E-state index contributed by atoms with van der Waals surface area (Å²) in [5, 5.41) is 1.66. The fourth-order valence-corrected chi connectivity index (χ4v) is 4.20. The smallest absolute Gasteiger partial charge is 0.114 e. The van der Waals surface area contributed by atoms with Crippen molar-refractivity contribution in [1.29, 1.82) is 0 Å². The maximum atomic E-state index is 6.28. The second-order valence-corrected chi connectivity index (χ2v) is 6.86. The van der Waals surface area contributed by atoms with E-state index in [9.17, 15) is 0 Å². The van der Waals surface area contributed by atoms with Crippen LogP contribution in [0.5, 0.6) is 0 Å². The van der Waals surface area contributed by atoms with Gasteiger partial charge in [-0.15, -0.1) is 11.3 Å². The van der Waals surface area contributed by atoms with Gasteiger partial charge in [0.05, 0.1) is 11.7 Å². The summed E-state index contributed by atoms with van der Waals surface area (Å²) in [4.78, 5) is 6.05. The summed E-state index contributed by atoms with van der Waals surface area (Å²) in [5.41, 5.74) is 8.45. The van der Waals surface area contributed by atoms with Crippen LogP contribution in [0.3, 0.4) is 0 Å². The first-order chi connectivity index (χ1) is 8.65. The molecule has 0 radical (unpaired) electrons. The van der Waals surface area contributed by atoms with E-state index in [0.717, 1.165) is 27.9 Å². The largest absolute Gasteiger partial charge is 0.318 e. The van der Waals surface area contributed by atoms with Crippen molar-refractivity contribution in [3.8, 4) is 0 Å². The molecule has 1 unspecified atom stereocenters. The number of nitrogens with zero attached hydrogens (tertiary/aromatic N) is 1. The first-order valence-electron chi connectivity index (χ1n) is 5.84. The summed E-state index contributed by atoms with van der Waals surface area (Å²) in [6.07, 6.45) is 3.46. The summed E-state index contributed by atoms with van der Waals surface area (Å²) in [6.45, 7) is 0. The standard InChI is InChI=1S/C13H12BrClN2S/c14-7-4-5-8(9(15)6-7)12(16)13-17-10-2-1-3-11(10)18-13/h4-6,12H,1-3,16H2. The summed E-state index contributed by atoms with van der Waals surface area (Å²) in [5.74, 6) is 0. The lowest BCUT2D eigenvalue weighted by atomic mass is 10.1. The number of aromatic nitrogens is 1. The van der Waals surface area contributed by atoms with Gasteiger partial charge in [-0.1, -0.05) is 33.6 Å². The highest BCUT2D eigenvalue weighted by Crippen LogP contribution is 2.34. The van der Waals surface area contributed by atoms with Crippen molar-refractivity contribution in [3.63, 3.8) is 0 Å². The van der Waals surface area contributed by atoms with Crippen molar-refractivity contribution < 1.29 is 0 Å². The van der Waals surface area contributed by atoms with Gasteiger partial charge in [0.15, 0.2) is 0 Å². The fourth-order valence-electron chi connectivity index (χ4n) is 2.23. The Morgan fingerprint density at radius 2 is 2.22 bits per heavy atom. The predicted octanol–water partition coefficient (Wildman–Crippen LogP) is 4.10. The Morgan fingerprint density at radius 1 is 1.39 bits per heavy atom. The van der Waals surface area contributed by atoms with Gasteiger partial charge < -0.3 is 5.73 Å². The molecular formula is C13H12BrClN2S. The minimum Gasteiger partial charge on any atom is -0.318 e. The highest BCUT2D eigenvalue weighted by Gasteiger charge is 2.22. The zero-order valence-corrected chi connectivity index (χ0v) is 12.8. The second kappa shape index (κ2) is 4.93. The molecule has 3 rings (SSSR count). The first kappa shape index (κ1) is 12.6. The SMILES string of the molecule is NC(c1nc2c(s1)CCC2)c1ccc(Br)cc1Cl. The van der Waals surface area contributed by atoms with Gasteiger partial charge in [0.25, 0.3) is 0 Å². The van der Waals surface area contributed by atoms with Crippen LogP contribution in [0.25, 0.3) is 0 Å². The molecule has 1 heterocycles. The van der Waals surface area contributed by atoms with Crippen molar-refractivity contribution in [2.75, 3.05) is 0 Å². The van der Waals surface area contributed by atoms with Gasteiger partial charge >= 0.3 is 0 Å². The zero-order chi connectivity index (χ0) is 12.7. The van der Waals surface area contributed by atoms with E-state index in [1.807, 2.05) is 18.2 Å². The molecule has 2 nitrogen and oxygen atoms in total. The number of hydrogen-bond acceptors (Lipinski definition) is 3. The molecule has 1 aliphatic rings. The van der Waals surface area contributed by atoms with Crippen LogP contribution in [-0.2, 0) is 12.8 Å². The topological polar surface area (TPSA) is 38.9 Å². The van der Waals surface area contributed by atoms with Gasteiger partial charge in [-0.3, -0.25) is 0 Å². The number of aryl methyl sites for hydroxylation is 2. The Morgan fingerprint density at radius 3 is 2.94 bits per heavy atom. The Bertz CT molecular complexity index is 575. The van der Waals surface area contributed by atoms with Crippen molar-refractivity contribution in [1.82, 2.24) is 4.98 Å². The predicted molar refractivity (Wildman–Crippen MR) is 79.3 cm³/mol. The van der Waals surface area contributed by atoms with E-state index >= 15 is 0 Å². The van der Waals surface area contributed by atoms with Crippen molar-refractivity contribution in [2.24, 2.45) is 5.73 Å². The third-order valence-electron chi connectivity index (χ3n) is 3.18. The zero-order valence-electron chi connectivity index (χ0n) is 9.62. The number of halogens is 2. The van der Waals surface area contributed by atoms with Crippen molar-refractivity contribution in [3.05, 3.63) is 48.8 Å². The Hall–Kier alpha value is -0.420. The molecule has 2 N–H and O–H groups in total. The van der Waals surface area contributed by atoms with Gasteiger partial charge in [-0.2, -0.15) is 0 Å². The average Bonchev–Trinajstić information content (AvgIpc) is 2.87. The summed E-state index contributed by atoms with van der Waals surface area (Å²) in [6, 6.07) is 5.57. The van der Waals surface area contributed by atoms with Gasteiger partial charge in [0.1, 0.15) is 5.01 Å². The number of benzene rings is 1. The molecule has 0 amide bonds. The van der Waals surface area contributed by atoms with E-state index in [0.29, 0.717) is 5.02 Å². The third-order valence-corrected chi connectivity index (χ3v) is 5.24. The Labute approximate surface area is 123 Å². The van der Waals surface area contributed by atoms with Gasteiger partial charge in [-0.25, -0.2) is 4.98 Å². The third kappa shape index (κ3) is 2.23. The van der Waals surface area contributed by atoms with Gasteiger partial charge in [-0.05, 0) is 37.0 Å². The van der Waals surface area contributed by atoms with E-state index in [1.165, 1.54) is 17.0 Å².